The zero-order valence-electron chi connectivity index (χ0n) is 13.0. The Morgan fingerprint density at radius 3 is 1.86 bits per heavy atom. The first-order valence-electron chi connectivity index (χ1n) is 7.30. The molecule has 0 radical (unpaired) electrons. The van der Waals surface area contributed by atoms with Crippen LogP contribution in [0.2, 0.25) is 0 Å². The van der Waals surface area contributed by atoms with E-state index in [0.29, 0.717) is 9.79 Å². The summed E-state index contributed by atoms with van der Waals surface area (Å²) in [5, 5.41) is 0. The van der Waals surface area contributed by atoms with Crippen LogP contribution in [0.1, 0.15) is 6.92 Å². The number of anilines is 2. The lowest BCUT2D eigenvalue weighted by Gasteiger charge is -2.38. The number of nitrogens with zero attached hydrogens (tertiary/aromatic N) is 2. The molecule has 2 aromatic rings. The molecule has 22 heavy (non-hydrogen) atoms. The SMILES string of the molecule is CC(CN(C)C)N1c2ccccc2S(=O)(=O)c2ccccc21. The van der Waals surface area contributed by atoms with Crippen molar-refractivity contribution in [1.29, 1.82) is 0 Å². The summed E-state index contributed by atoms with van der Waals surface area (Å²) < 4.78 is 25.7. The van der Waals surface area contributed by atoms with Crippen molar-refractivity contribution in [2.24, 2.45) is 0 Å². The van der Waals surface area contributed by atoms with Crippen LogP contribution in [-0.2, 0) is 9.84 Å². The van der Waals surface area contributed by atoms with Crippen LogP contribution in [0.4, 0.5) is 11.4 Å². The Kier molecular flexibility index (Phi) is 3.70. The van der Waals surface area contributed by atoms with E-state index in [2.05, 4.69) is 16.7 Å². The van der Waals surface area contributed by atoms with Gasteiger partial charge in [-0.2, -0.15) is 0 Å². The van der Waals surface area contributed by atoms with Crippen LogP contribution in [0, 0.1) is 0 Å². The molecule has 4 nitrogen and oxygen atoms in total. The lowest BCUT2D eigenvalue weighted by atomic mass is 10.1. The summed E-state index contributed by atoms with van der Waals surface area (Å²) in [4.78, 5) is 5.02. The van der Waals surface area contributed by atoms with Crippen molar-refractivity contribution in [1.82, 2.24) is 4.90 Å². The molecule has 0 fully saturated rings. The van der Waals surface area contributed by atoms with Gasteiger partial charge in [0.25, 0.3) is 0 Å². The maximum absolute atomic E-state index is 12.8. The predicted molar refractivity (Wildman–Crippen MR) is 88.5 cm³/mol. The number of fused-ring (bicyclic) bond motifs is 2. The van der Waals surface area contributed by atoms with Crippen LogP contribution in [0.15, 0.2) is 58.3 Å². The van der Waals surface area contributed by atoms with Gasteiger partial charge in [0.2, 0.25) is 9.84 Å². The average Bonchev–Trinajstić information content (AvgIpc) is 2.47. The van der Waals surface area contributed by atoms with E-state index < -0.39 is 9.84 Å². The number of para-hydroxylation sites is 2. The Hall–Kier alpha value is -1.85. The van der Waals surface area contributed by atoms with Crippen LogP contribution in [-0.4, -0.2) is 40.0 Å². The highest BCUT2D eigenvalue weighted by Gasteiger charge is 2.35. The van der Waals surface area contributed by atoms with Gasteiger partial charge in [-0.15, -0.1) is 0 Å². The Labute approximate surface area is 131 Å². The highest BCUT2D eigenvalue weighted by molar-refractivity contribution is 7.92. The van der Waals surface area contributed by atoms with Gasteiger partial charge < -0.3 is 9.80 Å². The summed E-state index contributed by atoms with van der Waals surface area (Å²) in [5.41, 5.74) is 1.52. The lowest BCUT2D eigenvalue weighted by Crippen LogP contribution is -2.39. The van der Waals surface area contributed by atoms with E-state index in [1.807, 2.05) is 38.4 Å². The third-order valence-corrected chi connectivity index (χ3v) is 5.75. The third-order valence-electron chi connectivity index (χ3n) is 3.90. The number of likely N-dealkylation sites (N-methyl/N-ethyl adjacent to an activating group) is 1. The molecule has 0 spiro atoms. The number of rotatable bonds is 3. The van der Waals surface area contributed by atoms with E-state index in [1.54, 1.807) is 24.3 Å². The van der Waals surface area contributed by atoms with Crippen molar-refractivity contribution in [2.75, 3.05) is 25.5 Å². The van der Waals surface area contributed by atoms with Crippen molar-refractivity contribution in [2.45, 2.75) is 22.8 Å². The molecule has 1 atom stereocenters. The summed E-state index contributed by atoms with van der Waals surface area (Å²) in [6, 6.07) is 14.6. The van der Waals surface area contributed by atoms with Crippen LogP contribution >= 0.6 is 0 Å². The van der Waals surface area contributed by atoms with Crippen LogP contribution < -0.4 is 4.90 Å². The number of hydrogen-bond donors (Lipinski definition) is 0. The zero-order valence-corrected chi connectivity index (χ0v) is 13.8. The van der Waals surface area contributed by atoms with E-state index in [-0.39, 0.29) is 6.04 Å². The summed E-state index contributed by atoms with van der Waals surface area (Å²) in [6.07, 6.45) is 0. The van der Waals surface area contributed by atoms with Gasteiger partial charge in [-0.1, -0.05) is 24.3 Å². The molecule has 1 unspecified atom stereocenters. The van der Waals surface area contributed by atoms with Crippen LogP contribution in [0.3, 0.4) is 0 Å². The number of benzene rings is 2. The fourth-order valence-electron chi connectivity index (χ4n) is 3.10. The fraction of sp³-hybridized carbons (Fsp3) is 0.294. The Morgan fingerprint density at radius 1 is 0.955 bits per heavy atom. The van der Waals surface area contributed by atoms with Gasteiger partial charge in [0.15, 0.2) is 0 Å². The van der Waals surface area contributed by atoms with E-state index in [9.17, 15) is 8.42 Å². The topological polar surface area (TPSA) is 40.6 Å². The van der Waals surface area contributed by atoms with Gasteiger partial charge in [0, 0.05) is 12.6 Å². The smallest absolute Gasteiger partial charge is 0.210 e. The quantitative estimate of drug-likeness (QED) is 0.873. The molecule has 3 rings (SSSR count). The Bertz CT molecular complexity index is 746. The number of sulfone groups is 1. The molecular weight excluding hydrogens is 296 g/mol. The largest absolute Gasteiger partial charge is 0.335 e. The highest BCUT2D eigenvalue weighted by atomic mass is 32.2. The zero-order chi connectivity index (χ0) is 15.9. The van der Waals surface area contributed by atoms with Gasteiger partial charge in [0.1, 0.15) is 0 Å². The first kappa shape index (κ1) is 15.1. The van der Waals surface area contributed by atoms with Gasteiger partial charge >= 0.3 is 0 Å². The second-order valence-electron chi connectivity index (χ2n) is 5.92. The molecule has 1 aliphatic rings. The fourth-order valence-corrected chi connectivity index (χ4v) is 4.74. The summed E-state index contributed by atoms with van der Waals surface area (Å²) in [7, 11) is 0.594. The minimum absolute atomic E-state index is 0.160. The summed E-state index contributed by atoms with van der Waals surface area (Å²) in [6.45, 7) is 2.95. The maximum Gasteiger partial charge on any atom is 0.210 e. The van der Waals surface area contributed by atoms with Crippen molar-refractivity contribution in [3.8, 4) is 0 Å². The first-order chi connectivity index (χ1) is 10.4. The normalized spacial score (nSPS) is 17.0. The van der Waals surface area contributed by atoms with Gasteiger partial charge in [-0.3, -0.25) is 0 Å². The van der Waals surface area contributed by atoms with E-state index in [1.165, 1.54) is 0 Å². The first-order valence-corrected chi connectivity index (χ1v) is 8.78. The molecule has 1 aliphatic heterocycles. The molecule has 1 heterocycles. The highest BCUT2D eigenvalue weighted by Crippen LogP contribution is 2.44. The molecule has 0 N–H and O–H groups in total. The Morgan fingerprint density at radius 2 is 1.41 bits per heavy atom. The molecule has 0 bridgehead atoms. The van der Waals surface area contributed by atoms with E-state index in [4.69, 9.17) is 0 Å². The molecule has 2 aromatic carbocycles. The summed E-state index contributed by atoms with van der Waals surface area (Å²) in [5.74, 6) is 0. The second-order valence-corrected chi connectivity index (χ2v) is 7.81. The van der Waals surface area contributed by atoms with Crippen molar-refractivity contribution < 1.29 is 8.42 Å². The van der Waals surface area contributed by atoms with Crippen LogP contribution in [0.5, 0.6) is 0 Å². The minimum atomic E-state index is -3.45. The van der Waals surface area contributed by atoms with Crippen molar-refractivity contribution in [3.63, 3.8) is 0 Å². The molecule has 0 saturated carbocycles. The summed E-state index contributed by atoms with van der Waals surface area (Å²) >= 11 is 0. The minimum Gasteiger partial charge on any atom is -0.335 e. The van der Waals surface area contributed by atoms with E-state index in [0.717, 1.165) is 17.9 Å². The second kappa shape index (κ2) is 5.41. The van der Waals surface area contributed by atoms with Crippen LogP contribution in [0.25, 0.3) is 0 Å². The average molecular weight is 316 g/mol. The monoisotopic (exact) mass is 316 g/mol. The maximum atomic E-state index is 12.8. The van der Waals surface area contributed by atoms with Gasteiger partial charge in [0.05, 0.1) is 21.2 Å². The molecule has 0 saturated heterocycles. The molecule has 0 amide bonds. The Balaban J connectivity index is 2.24. The standard InChI is InChI=1S/C17H20N2O2S/c1-13(12-18(2)3)19-14-8-4-6-10-16(14)22(20,21)17-11-7-5-9-15(17)19/h4-11,13H,12H2,1-3H3. The third kappa shape index (κ3) is 2.30. The van der Waals surface area contributed by atoms with Gasteiger partial charge in [-0.25, -0.2) is 8.42 Å². The molecule has 0 aliphatic carbocycles. The van der Waals surface area contributed by atoms with Gasteiger partial charge in [-0.05, 0) is 45.3 Å². The van der Waals surface area contributed by atoms with E-state index >= 15 is 0 Å². The molecule has 0 aromatic heterocycles. The lowest BCUT2D eigenvalue weighted by molar-refractivity contribution is 0.379. The molecular formula is C17H20N2O2S. The predicted octanol–water partition coefficient (Wildman–Crippen LogP) is 2.92. The molecule has 5 heteroatoms. The van der Waals surface area contributed by atoms with Crippen molar-refractivity contribution in [3.05, 3.63) is 48.5 Å². The molecule has 116 valence electrons. The van der Waals surface area contributed by atoms with Crippen molar-refractivity contribution >= 4 is 21.2 Å². The number of hydrogen-bond acceptors (Lipinski definition) is 4.